The summed E-state index contributed by atoms with van der Waals surface area (Å²) in [6.45, 7) is 11.2. The lowest BCUT2D eigenvalue weighted by atomic mass is 9.66. The smallest absolute Gasteiger partial charge is 0.0899 e. The first-order valence-electron chi connectivity index (χ1n) is 7.53. The molecule has 0 amide bonds. The zero-order valence-corrected chi connectivity index (χ0v) is 13.1. The van der Waals surface area contributed by atoms with Crippen molar-refractivity contribution < 1.29 is 5.11 Å². The third-order valence-corrected chi connectivity index (χ3v) is 5.14. The summed E-state index contributed by atoms with van der Waals surface area (Å²) in [6, 6.07) is 6.31. The van der Waals surface area contributed by atoms with Gasteiger partial charge in [0, 0.05) is 0 Å². The Bertz CT molecular complexity index is 445. The van der Waals surface area contributed by atoms with E-state index in [0.717, 1.165) is 37.2 Å². The van der Waals surface area contributed by atoms with E-state index < -0.39 is 5.60 Å². The van der Waals surface area contributed by atoms with Crippen LogP contribution < -0.4 is 0 Å². The molecule has 1 fully saturated rings. The Morgan fingerprint density at radius 2 is 1.68 bits per heavy atom. The lowest BCUT2D eigenvalue weighted by molar-refractivity contribution is -0.0302. The molecule has 0 atom stereocenters. The predicted octanol–water partition coefficient (Wildman–Crippen LogP) is 4.73. The third kappa shape index (κ3) is 2.86. The van der Waals surface area contributed by atoms with Gasteiger partial charge >= 0.3 is 0 Å². The van der Waals surface area contributed by atoms with Crippen LogP contribution in [-0.4, -0.2) is 5.11 Å². The molecule has 1 N–H and O–H groups in total. The fourth-order valence-corrected chi connectivity index (χ4v) is 3.49. The van der Waals surface area contributed by atoms with Crippen molar-refractivity contribution in [2.24, 2.45) is 11.3 Å². The van der Waals surface area contributed by atoms with Gasteiger partial charge in [-0.2, -0.15) is 0 Å². The van der Waals surface area contributed by atoms with Crippen molar-refractivity contribution in [2.45, 2.75) is 65.9 Å². The van der Waals surface area contributed by atoms with Gasteiger partial charge in [-0.3, -0.25) is 0 Å². The van der Waals surface area contributed by atoms with Gasteiger partial charge in [-0.15, -0.1) is 0 Å². The highest BCUT2D eigenvalue weighted by molar-refractivity contribution is 5.37. The first-order valence-corrected chi connectivity index (χ1v) is 7.53. The first-order chi connectivity index (χ1) is 8.74. The van der Waals surface area contributed by atoms with Crippen molar-refractivity contribution >= 4 is 0 Å². The molecule has 0 heterocycles. The quantitative estimate of drug-likeness (QED) is 0.774. The van der Waals surface area contributed by atoms with Crippen LogP contribution >= 0.6 is 0 Å². The number of hydrogen-bond acceptors (Lipinski definition) is 1. The van der Waals surface area contributed by atoms with Crippen LogP contribution in [0.15, 0.2) is 18.2 Å². The van der Waals surface area contributed by atoms with Gasteiger partial charge in [0.2, 0.25) is 0 Å². The molecule has 1 nitrogen and oxygen atoms in total. The van der Waals surface area contributed by atoms with E-state index in [2.05, 4.69) is 52.8 Å². The van der Waals surface area contributed by atoms with Crippen molar-refractivity contribution in [1.29, 1.82) is 0 Å². The normalized spacial score (nSPS) is 28.4. The fourth-order valence-electron chi connectivity index (χ4n) is 3.49. The zero-order valence-electron chi connectivity index (χ0n) is 13.1. The molecule has 1 aromatic carbocycles. The summed E-state index contributed by atoms with van der Waals surface area (Å²) < 4.78 is 0. The van der Waals surface area contributed by atoms with Crippen LogP contribution in [0.2, 0.25) is 0 Å². The van der Waals surface area contributed by atoms with Crippen LogP contribution in [0, 0.1) is 25.2 Å². The third-order valence-electron chi connectivity index (χ3n) is 5.14. The molecule has 19 heavy (non-hydrogen) atoms. The SMILES string of the molecule is Cc1cccc(C2(O)CCC(C(C)(C)C)CC2)c1C. The second-order valence-electron chi connectivity index (χ2n) is 7.42. The van der Waals surface area contributed by atoms with E-state index in [0.29, 0.717) is 5.41 Å². The number of rotatable bonds is 1. The summed E-state index contributed by atoms with van der Waals surface area (Å²) in [7, 11) is 0. The predicted molar refractivity (Wildman–Crippen MR) is 81.2 cm³/mol. The van der Waals surface area contributed by atoms with E-state index in [-0.39, 0.29) is 0 Å². The average molecular weight is 260 g/mol. The largest absolute Gasteiger partial charge is 0.385 e. The van der Waals surface area contributed by atoms with Crippen LogP contribution in [-0.2, 0) is 5.60 Å². The Labute approximate surface area is 118 Å². The zero-order chi connectivity index (χ0) is 14.3. The van der Waals surface area contributed by atoms with Gasteiger partial charge in [0.15, 0.2) is 0 Å². The molecule has 0 bridgehead atoms. The van der Waals surface area contributed by atoms with E-state index in [1.807, 2.05) is 0 Å². The highest BCUT2D eigenvalue weighted by atomic mass is 16.3. The van der Waals surface area contributed by atoms with Gasteiger partial charge in [0.1, 0.15) is 0 Å². The minimum atomic E-state index is -0.599. The van der Waals surface area contributed by atoms with Gasteiger partial charge in [0.25, 0.3) is 0 Å². The molecule has 1 aliphatic carbocycles. The second kappa shape index (κ2) is 4.94. The van der Waals surface area contributed by atoms with Crippen LogP contribution in [0.5, 0.6) is 0 Å². The maximum Gasteiger partial charge on any atom is 0.0899 e. The van der Waals surface area contributed by atoms with Crippen molar-refractivity contribution in [3.05, 3.63) is 34.9 Å². The summed E-state index contributed by atoms with van der Waals surface area (Å²) >= 11 is 0. The van der Waals surface area contributed by atoms with Crippen LogP contribution in [0.4, 0.5) is 0 Å². The van der Waals surface area contributed by atoms with E-state index in [9.17, 15) is 5.11 Å². The van der Waals surface area contributed by atoms with Crippen molar-refractivity contribution in [3.8, 4) is 0 Å². The lowest BCUT2D eigenvalue weighted by Crippen LogP contribution is -2.36. The van der Waals surface area contributed by atoms with E-state index in [1.165, 1.54) is 11.1 Å². The summed E-state index contributed by atoms with van der Waals surface area (Å²) in [5.74, 6) is 0.734. The maximum absolute atomic E-state index is 11.0. The van der Waals surface area contributed by atoms with Gasteiger partial charge in [-0.05, 0) is 67.6 Å². The molecule has 106 valence electrons. The van der Waals surface area contributed by atoms with Crippen LogP contribution in [0.1, 0.15) is 63.1 Å². The highest BCUT2D eigenvalue weighted by Gasteiger charge is 2.39. The Balaban J connectivity index is 2.21. The highest BCUT2D eigenvalue weighted by Crippen LogP contribution is 2.46. The Kier molecular flexibility index (Phi) is 3.79. The van der Waals surface area contributed by atoms with Crippen LogP contribution in [0.3, 0.4) is 0 Å². The molecule has 1 aliphatic rings. The van der Waals surface area contributed by atoms with Crippen molar-refractivity contribution in [1.82, 2.24) is 0 Å². The molecule has 2 rings (SSSR count). The van der Waals surface area contributed by atoms with Crippen LogP contribution in [0.25, 0.3) is 0 Å². The van der Waals surface area contributed by atoms with Gasteiger partial charge in [0.05, 0.1) is 5.60 Å². The standard InChI is InChI=1S/C18H28O/c1-13-7-6-8-16(14(13)2)18(19)11-9-15(10-12-18)17(3,4)5/h6-8,15,19H,9-12H2,1-5H3. The minimum Gasteiger partial charge on any atom is -0.385 e. The van der Waals surface area contributed by atoms with E-state index >= 15 is 0 Å². The maximum atomic E-state index is 11.0. The summed E-state index contributed by atoms with van der Waals surface area (Å²) in [5.41, 5.74) is 3.46. The molecule has 0 aromatic heterocycles. The number of hydrogen-bond donors (Lipinski definition) is 1. The molecular weight excluding hydrogens is 232 g/mol. The number of aliphatic hydroxyl groups is 1. The molecule has 0 radical (unpaired) electrons. The topological polar surface area (TPSA) is 20.2 Å². The first kappa shape index (κ1) is 14.6. The molecule has 0 unspecified atom stereocenters. The Morgan fingerprint density at radius 1 is 1.11 bits per heavy atom. The molecule has 1 aromatic rings. The molecule has 0 spiro atoms. The monoisotopic (exact) mass is 260 g/mol. The van der Waals surface area contributed by atoms with E-state index in [4.69, 9.17) is 0 Å². The van der Waals surface area contributed by atoms with Gasteiger partial charge in [-0.25, -0.2) is 0 Å². The number of benzene rings is 1. The molecule has 0 saturated heterocycles. The van der Waals surface area contributed by atoms with Crippen molar-refractivity contribution in [2.75, 3.05) is 0 Å². The Morgan fingerprint density at radius 3 is 2.21 bits per heavy atom. The second-order valence-corrected chi connectivity index (χ2v) is 7.42. The number of aryl methyl sites for hydroxylation is 1. The van der Waals surface area contributed by atoms with Crippen molar-refractivity contribution in [3.63, 3.8) is 0 Å². The van der Waals surface area contributed by atoms with Gasteiger partial charge < -0.3 is 5.11 Å². The fraction of sp³-hybridized carbons (Fsp3) is 0.667. The average Bonchev–Trinajstić information content (AvgIpc) is 2.32. The molecular formula is C18H28O. The molecule has 1 saturated carbocycles. The minimum absolute atomic E-state index is 0.364. The summed E-state index contributed by atoms with van der Waals surface area (Å²) in [6.07, 6.45) is 4.07. The molecule has 1 heteroatoms. The van der Waals surface area contributed by atoms with Gasteiger partial charge in [-0.1, -0.05) is 39.0 Å². The molecule has 0 aliphatic heterocycles. The Hall–Kier alpha value is -0.820. The summed E-state index contributed by atoms with van der Waals surface area (Å²) in [5, 5.41) is 11.0. The summed E-state index contributed by atoms with van der Waals surface area (Å²) in [4.78, 5) is 0. The van der Waals surface area contributed by atoms with E-state index in [1.54, 1.807) is 0 Å². The lowest BCUT2D eigenvalue weighted by Gasteiger charge is -2.42.